The third-order valence-electron chi connectivity index (χ3n) is 3.36. The molecule has 0 spiro atoms. The molecule has 2 aliphatic rings. The maximum Gasteiger partial charge on any atom is 0.270 e. The highest BCUT2D eigenvalue weighted by atomic mass is 16.6. The first kappa shape index (κ1) is 10.3. The first-order valence-electron chi connectivity index (χ1n) is 5.72. The van der Waals surface area contributed by atoms with Gasteiger partial charge in [0.05, 0.1) is 10.5 Å². The Kier molecular flexibility index (Phi) is 2.14. The molecular formula is C12H12N2O3. The highest BCUT2D eigenvalue weighted by molar-refractivity contribution is 5.99. The van der Waals surface area contributed by atoms with Crippen LogP contribution in [0.3, 0.4) is 0 Å². The Morgan fingerprint density at radius 3 is 2.82 bits per heavy atom. The zero-order valence-corrected chi connectivity index (χ0v) is 9.26. The monoisotopic (exact) mass is 232 g/mol. The molecule has 17 heavy (non-hydrogen) atoms. The number of nitro groups is 1. The number of benzene rings is 1. The molecule has 5 nitrogen and oxygen atoms in total. The summed E-state index contributed by atoms with van der Waals surface area (Å²) in [4.78, 5) is 24.0. The average Bonchev–Trinajstić information content (AvgIpc) is 3.06. The summed E-state index contributed by atoms with van der Waals surface area (Å²) >= 11 is 0. The summed E-state index contributed by atoms with van der Waals surface area (Å²) in [5, 5.41) is 10.7. The summed E-state index contributed by atoms with van der Waals surface area (Å²) in [5.41, 5.74) is 1.39. The van der Waals surface area contributed by atoms with Gasteiger partial charge in [-0.2, -0.15) is 0 Å². The van der Waals surface area contributed by atoms with Crippen LogP contribution in [0.4, 0.5) is 5.69 Å². The molecule has 0 aromatic heterocycles. The summed E-state index contributed by atoms with van der Waals surface area (Å²) in [5.74, 6) is 0.582. The van der Waals surface area contributed by atoms with Crippen molar-refractivity contribution in [2.45, 2.75) is 19.4 Å². The van der Waals surface area contributed by atoms with Gasteiger partial charge in [0.15, 0.2) is 0 Å². The van der Waals surface area contributed by atoms with Crippen LogP contribution in [-0.2, 0) is 6.54 Å². The number of carbonyl (C=O) groups excluding carboxylic acids is 1. The lowest BCUT2D eigenvalue weighted by atomic mass is 10.1. The highest BCUT2D eigenvalue weighted by Crippen LogP contribution is 2.33. The van der Waals surface area contributed by atoms with Gasteiger partial charge in [-0.3, -0.25) is 14.9 Å². The van der Waals surface area contributed by atoms with Crippen LogP contribution in [0.25, 0.3) is 0 Å². The minimum atomic E-state index is -0.461. The summed E-state index contributed by atoms with van der Waals surface area (Å²) in [7, 11) is 0. The summed E-state index contributed by atoms with van der Waals surface area (Å²) in [6, 6.07) is 4.55. The second-order valence-electron chi connectivity index (χ2n) is 4.73. The van der Waals surface area contributed by atoms with Gasteiger partial charge in [0.25, 0.3) is 11.6 Å². The summed E-state index contributed by atoms with van der Waals surface area (Å²) in [6.07, 6.45) is 2.39. The van der Waals surface area contributed by atoms with Crippen LogP contribution in [0.1, 0.15) is 28.8 Å². The second kappa shape index (κ2) is 3.55. The van der Waals surface area contributed by atoms with Gasteiger partial charge in [0.1, 0.15) is 0 Å². The molecular weight excluding hydrogens is 220 g/mol. The van der Waals surface area contributed by atoms with Crippen molar-refractivity contribution < 1.29 is 9.72 Å². The standard InChI is InChI=1S/C12H12N2O3/c15-12-11-5-10(14(16)17)4-3-9(11)7-13(12)6-8-1-2-8/h3-5,8H,1-2,6-7H2. The molecule has 5 heteroatoms. The Balaban J connectivity index is 1.88. The Morgan fingerprint density at radius 1 is 1.41 bits per heavy atom. The predicted molar refractivity (Wildman–Crippen MR) is 60.6 cm³/mol. The van der Waals surface area contributed by atoms with Gasteiger partial charge < -0.3 is 4.90 Å². The molecule has 0 radical (unpaired) electrons. The van der Waals surface area contributed by atoms with Gasteiger partial charge in [-0.05, 0) is 30.4 Å². The van der Waals surface area contributed by atoms with Gasteiger partial charge in [-0.1, -0.05) is 0 Å². The molecule has 88 valence electrons. The van der Waals surface area contributed by atoms with Crippen molar-refractivity contribution in [2.75, 3.05) is 6.54 Å². The minimum Gasteiger partial charge on any atom is -0.334 e. The van der Waals surface area contributed by atoms with E-state index >= 15 is 0 Å². The van der Waals surface area contributed by atoms with Crippen molar-refractivity contribution >= 4 is 11.6 Å². The van der Waals surface area contributed by atoms with Crippen molar-refractivity contribution in [3.05, 3.63) is 39.4 Å². The van der Waals surface area contributed by atoms with Crippen LogP contribution in [0, 0.1) is 16.0 Å². The van der Waals surface area contributed by atoms with E-state index in [-0.39, 0.29) is 11.6 Å². The first-order chi connectivity index (χ1) is 8.15. The average molecular weight is 232 g/mol. The van der Waals surface area contributed by atoms with Crippen molar-refractivity contribution in [2.24, 2.45) is 5.92 Å². The fourth-order valence-corrected chi connectivity index (χ4v) is 2.22. The molecule has 1 aromatic carbocycles. The van der Waals surface area contributed by atoms with E-state index in [9.17, 15) is 14.9 Å². The second-order valence-corrected chi connectivity index (χ2v) is 4.73. The van der Waals surface area contributed by atoms with Crippen molar-refractivity contribution in [1.82, 2.24) is 4.90 Å². The smallest absolute Gasteiger partial charge is 0.270 e. The van der Waals surface area contributed by atoms with E-state index in [2.05, 4.69) is 0 Å². The normalized spacial score (nSPS) is 18.4. The molecule has 0 unspecified atom stereocenters. The number of hydrogen-bond acceptors (Lipinski definition) is 3. The zero-order chi connectivity index (χ0) is 12.0. The van der Waals surface area contributed by atoms with Crippen molar-refractivity contribution in [3.8, 4) is 0 Å². The van der Waals surface area contributed by atoms with Crippen LogP contribution >= 0.6 is 0 Å². The number of rotatable bonds is 3. The van der Waals surface area contributed by atoms with E-state index in [1.807, 2.05) is 0 Å². The van der Waals surface area contributed by atoms with Crippen molar-refractivity contribution in [3.63, 3.8) is 0 Å². The molecule has 1 fully saturated rings. The first-order valence-corrected chi connectivity index (χ1v) is 5.72. The van der Waals surface area contributed by atoms with Crippen molar-refractivity contribution in [1.29, 1.82) is 0 Å². The topological polar surface area (TPSA) is 63.4 Å². The predicted octanol–water partition coefficient (Wildman–Crippen LogP) is 1.96. The Morgan fingerprint density at radius 2 is 2.18 bits per heavy atom. The van der Waals surface area contributed by atoms with E-state index in [1.165, 1.54) is 25.0 Å². The van der Waals surface area contributed by atoms with E-state index in [1.54, 1.807) is 11.0 Å². The summed E-state index contributed by atoms with van der Waals surface area (Å²) < 4.78 is 0. The van der Waals surface area contributed by atoms with Gasteiger partial charge >= 0.3 is 0 Å². The number of hydrogen-bond donors (Lipinski definition) is 0. The number of carbonyl (C=O) groups is 1. The lowest BCUT2D eigenvalue weighted by Crippen LogP contribution is -2.26. The van der Waals surface area contributed by atoms with E-state index in [0.717, 1.165) is 12.1 Å². The molecule has 1 aliphatic carbocycles. The zero-order valence-electron chi connectivity index (χ0n) is 9.26. The number of non-ortho nitro benzene ring substituents is 1. The van der Waals surface area contributed by atoms with E-state index in [4.69, 9.17) is 0 Å². The number of nitrogens with zero attached hydrogens (tertiary/aromatic N) is 2. The quantitative estimate of drug-likeness (QED) is 0.591. The molecule has 1 saturated carbocycles. The minimum absolute atomic E-state index is 0.00891. The number of nitro benzene ring substituents is 1. The lowest BCUT2D eigenvalue weighted by molar-refractivity contribution is -0.384. The molecule has 3 rings (SSSR count). The lowest BCUT2D eigenvalue weighted by Gasteiger charge is -2.14. The fourth-order valence-electron chi connectivity index (χ4n) is 2.22. The molecule has 1 aliphatic heterocycles. The van der Waals surface area contributed by atoms with Gasteiger partial charge in [0.2, 0.25) is 0 Å². The van der Waals surface area contributed by atoms with Gasteiger partial charge in [-0.25, -0.2) is 0 Å². The van der Waals surface area contributed by atoms with E-state index < -0.39 is 4.92 Å². The molecule has 1 amide bonds. The number of fused-ring (bicyclic) bond motifs is 1. The molecule has 1 aromatic rings. The third kappa shape index (κ3) is 1.77. The maximum atomic E-state index is 12.0. The van der Waals surface area contributed by atoms with Gasteiger partial charge in [-0.15, -0.1) is 0 Å². The van der Waals surface area contributed by atoms with Crippen LogP contribution < -0.4 is 0 Å². The van der Waals surface area contributed by atoms with Crippen LogP contribution in [0.2, 0.25) is 0 Å². The van der Waals surface area contributed by atoms with Gasteiger partial charge in [0, 0.05) is 25.2 Å². The fraction of sp³-hybridized carbons (Fsp3) is 0.417. The third-order valence-corrected chi connectivity index (χ3v) is 3.36. The molecule has 0 saturated heterocycles. The van der Waals surface area contributed by atoms with Crippen LogP contribution in [0.15, 0.2) is 18.2 Å². The Labute approximate surface area is 98.2 Å². The largest absolute Gasteiger partial charge is 0.334 e. The van der Waals surface area contributed by atoms with Crippen LogP contribution in [-0.4, -0.2) is 22.3 Å². The molecule has 0 bridgehead atoms. The summed E-state index contributed by atoms with van der Waals surface area (Å²) in [6.45, 7) is 1.39. The molecule has 1 heterocycles. The SMILES string of the molecule is O=C1c2cc([N+](=O)[O-])ccc2CN1CC1CC1. The Bertz CT molecular complexity index is 508. The molecule has 0 atom stereocenters. The van der Waals surface area contributed by atoms with Crippen LogP contribution in [0.5, 0.6) is 0 Å². The highest BCUT2D eigenvalue weighted by Gasteiger charge is 2.33. The number of amides is 1. The maximum absolute atomic E-state index is 12.0. The molecule has 0 N–H and O–H groups in total. The Hall–Kier alpha value is -1.91. The van der Waals surface area contributed by atoms with E-state index in [0.29, 0.717) is 18.0 Å².